The molecule has 0 aliphatic carbocycles. The monoisotopic (exact) mass is 347 g/mol. The maximum Gasteiger partial charge on any atom is 0.344 e. The fraction of sp³-hybridized carbons (Fsp3) is 0.222. The van der Waals surface area contributed by atoms with Crippen molar-refractivity contribution >= 4 is 29.2 Å². The minimum Gasteiger partial charge on any atom is -0.482 e. The van der Waals surface area contributed by atoms with Crippen molar-refractivity contribution in [3.8, 4) is 5.75 Å². The molecule has 2 aromatic rings. The van der Waals surface area contributed by atoms with Crippen LogP contribution in [0.3, 0.4) is 0 Å². The number of hydrogen-bond acceptors (Lipinski definition) is 4. The molecule has 0 fully saturated rings. The smallest absolute Gasteiger partial charge is 0.344 e. The third kappa shape index (κ3) is 5.28. The van der Waals surface area contributed by atoms with Crippen molar-refractivity contribution in [1.82, 2.24) is 0 Å². The molecular weight excluding hydrogens is 330 g/mol. The highest BCUT2D eigenvalue weighted by atomic mass is 35.5. The largest absolute Gasteiger partial charge is 0.482 e. The van der Waals surface area contributed by atoms with E-state index in [1.165, 1.54) is 0 Å². The number of anilines is 1. The summed E-state index contributed by atoms with van der Waals surface area (Å²) >= 11 is 5.98. The molecule has 0 unspecified atom stereocenters. The van der Waals surface area contributed by atoms with Crippen LogP contribution in [0.5, 0.6) is 5.75 Å². The zero-order valence-corrected chi connectivity index (χ0v) is 14.2. The van der Waals surface area contributed by atoms with E-state index in [-0.39, 0.29) is 13.2 Å². The number of amides is 1. The highest BCUT2D eigenvalue weighted by Gasteiger charge is 2.10. The summed E-state index contributed by atoms with van der Waals surface area (Å²) in [6.07, 6.45) is 0. The van der Waals surface area contributed by atoms with Crippen LogP contribution >= 0.6 is 11.6 Å². The Hall–Kier alpha value is -2.53. The van der Waals surface area contributed by atoms with Gasteiger partial charge in [0.25, 0.3) is 5.91 Å². The van der Waals surface area contributed by atoms with Crippen LogP contribution in [-0.4, -0.2) is 25.1 Å². The van der Waals surface area contributed by atoms with E-state index in [2.05, 4.69) is 5.32 Å². The summed E-state index contributed by atoms with van der Waals surface area (Å²) < 4.78 is 10.2. The summed E-state index contributed by atoms with van der Waals surface area (Å²) in [6, 6.07) is 12.5. The Labute approximate surface area is 145 Å². The van der Waals surface area contributed by atoms with E-state index < -0.39 is 11.9 Å². The molecule has 0 bridgehead atoms. The van der Waals surface area contributed by atoms with Gasteiger partial charge in [-0.05, 0) is 43.7 Å². The molecule has 0 radical (unpaired) electrons. The van der Waals surface area contributed by atoms with E-state index in [0.29, 0.717) is 16.5 Å². The third-order valence-corrected chi connectivity index (χ3v) is 3.69. The number of benzene rings is 2. The van der Waals surface area contributed by atoms with E-state index in [9.17, 15) is 9.59 Å². The van der Waals surface area contributed by atoms with Crippen molar-refractivity contribution in [2.45, 2.75) is 13.8 Å². The van der Waals surface area contributed by atoms with Crippen LogP contribution < -0.4 is 10.1 Å². The average Bonchev–Trinajstić information content (AvgIpc) is 2.56. The number of hydrogen-bond donors (Lipinski definition) is 1. The molecule has 5 nitrogen and oxygen atoms in total. The van der Waals surface area contributed by atoms with Crippen LogP contribution in [0.25, 0.3) is 0 Å². The van der Waals surface area contributed by atoms with Crippen LogP contribution in [0.2, 0.25) is 5.02 Å². The number of nitrogens with one attached hydrogen (secondary N) is 1. The molecule has 0 saturated carbocycles. The highest BCUT2D eigenvalue weighted by molar-refractivity contribution is 6.31. The first kappa shape index (κ1) is 17.8. The van der Waals surface area contributed by atoms with Gasteiger partial charge in [-0.15, -0.1) is 0 Å². The predicted molar refractivity (Wildman–Crippen MR) is 92.5 cm³/mol. The lowest BCUT2D eigenvalue weighted by molar-refractivity contribution is -0.149. The maximum absolute atomic E-state index is 11.8. The fourth-order valence-electron chi connectivity index (χ4n) is 1.89. The Morgan fingerprint density at radius 1 is 1.04 bits per heavy atom. The van der Waals surface area contributed by atoms with Crippen molar-refractivity contribution in [2.75, 3.05) is 18.5 Å². The van der Waals surface area contributed by atoms with E-state index >= 15 is 0 Å². The molecule has 1 amide bonds. The molecule has 2 aromatic carbocycles. The van der Waals surface area contributed by atoms with Crippen molar-refractivity contribution in [3.05, 3.63) is 58.6 Å². The summed E-state index contributed by atoms with van der Waals surface area (Å²) in [5.74, 6) is -0.492. The first-order valence-corrected chi connectivity index (χ1v) is 7.73. The molecule has 0 saturated heterocycles. The summed E-state index contributed by atoms with van der Waals surface area (Å²) in [6.45, 7) is 3.10. The summed E-state index contributed by atoms with van der Waals surface area (Å²) in [5, 5.41) is 3.20. The van der Waals surface area contributed by atoms with Gasteiger partial charge in [0, 0.05) is 10.7 Å². The summed E-state index contributed by atoms with van der Waals surface area (Å²) in [5.41, 5.74) is 2.43. The molecule has 1 N–H and O–H groups in total. The van der Waals surface area contributed by atoms with Crippen molar-refractivity contribution < 1.29 is 19.1 Å². The van der Waals surface area contributed by atoms with Gasteiger partial charge >= 0.3 is 5.97 Å². The number of rotatable bonds is 6. The van der Waals surface area contributed by atoms with Gasteiger partial charge in [0.05, 0.1) is 0 Å². The highest BCUT2D eigenvalue weighted by Crippen LogP contribution is 2.22. The molecular formula is C18H18ClNO4. The lowest BCUT2D eigenvalue weighted by Gasteiger charge is -2.10. The second-order valence-electron chi connectivity index (χ2n) is 5.22. The Morgan fingerprint density at radius 3 is 2.46 bits per heavy atom. The SMILES string of the molecule is Cc1ccc(OCC(=O)OCC(=O)Nc2cccc(Cl)c2C)cc1. The van der Waals surface area contributed by atoms with E-state index in [1.54, 1.807) is 37.3 Å². The van der Waals surface area contributed by atoms with Crippen LogP contribution in [0, 0.1) is 13.8 Å². The Kier molecular flexibility index (Phi) is 6.21. The first-order chi connectivity index (χ1) is 11.5. The molecule has 126 valence electrons. The Morgan fingerprint density at radius 2 is 1.75 bits per heavy atom. The number of halogens is 1. The predicted octanol–water partition coefficient (Wildman–Crippen LogP) is 3.52. The molecule has 0 atom stereocenters. The number of ether oxygens (including phenoxy) is 2. The number of esters is 1. The molecule has 24 heavy (non-hydrogen) atoms. The minimum absolute atomic E-state index is 0.257. The second kappa shape index (κ2) is 8.36. The Bertz CT molecular complexity index is 728. The standard InChI is InChI=1S/C18H18ClNO4/c1-12-6-8-14(9-7-12)23-11-18(22)24-10-17(21)20-16-5-3-4-15(19)13(16)2/h3-9H,10-11H2,1-2H3,(H,20,21). The van der Waals surface area contributed by atoms with Gasteiger partial charge < -0.3 is 14.8 Å². The Balaban J connectivity index is 1.75. The number of carbonyl (C=O) groups excluding carboxylic acids is 2. The van der Waals surface area contributed by atoms with E-state index in [1.807, 2.05) is 19.1 Å². The number of aryl methyl sites for hydroxylation is 1. The van der Waals surface area contributed by atoms with Crippen LogP contribution in [-0.2, 0) is 14.3 Å². The lowest BCUT2D eigenvalue weighted by Crippen LogP contribution is -2.24. The van der Waals surface area contributed by atoms with E-state index in [4.69, 9.17) is 21.1 Å². The second-order valence-corrected chi connectivity index (χ2v) is 5.63. The van der Waals surface area contributed by atoms with Crippen LogP contribution in [0.15, 0.2) is 42.5 Å². The average molecular weight is 348 g/mol. The van der Waals surface area contributed by atoms with Gasteiger partial charge in [0.1, 0.15) is 5.75 Å². The normalized spacial score (nSPS) is 10.1. The first-order valence-electron chi connectivity index (χ1n) is 7.36. The lowest BCUT2D eigenvalue weighted by atomic mass is 10.2. The van der Waals surface area contributed by atoms with E-state index in [0.717, 1.165) is 11.1 Å². The molecule has 6 heteroatoms. The minimum atomic E-state index is -0.617. The molecule has 0 aliphatic rings. The fourth-order valence-corrected chi connectivity index (χ4v) is 2.07. The van der Waals surface area contributed by atoms with Crippen molar-refractivity contribution in [3.63, 3.8) is 0 Å². The van der Waals surface area contributed by atoms with Gasteiger partial charge in [-0.25, -0.2) is 4.79 Å². The van der Waals surface area contributed by atoms with Gasteiger partial charge in [0.15, 0.2) is 13.2 Å². The van der Waals surface area contributed by atoms with Crippen molar-refractivity contribution in [1.29, 1.82) is 0 Å². The zero-order chi connectivity index (χ0) is 17.5. The molecule has 0 aliphatic heterocycles. The van der Waals surface area contributed by atoms with Gasteiger partial charge in [-0.2, -0.15) is 0 Å². The zero-order valence-electron chi connectivity index (χ0n) is 13.5. The summed E-state index contributed by atoms with van der Waals surface area (Å²) in [7, 11) is 0. The maximum atomic E-state index is 11.8. The molecule has 0 spiro atoms. The van der Waals surface area contributed by atoms with Gasteiger partial charge in [-0.1, -0.05) is 35.4 Å². The topological polar surface area (TPSA) is 64.6 Å². The third-order valence-electron chi connectivity index (χ3n) is 3.28. The van der Waals surface area contributed by atoms with Gasteiger partial charge in [0.2, 0.25) is 0 Å². The van der Waals surface area contributed by atoms with Crippen molar-refractivity contribution in [2.24, 2.45) is 0 Å². The van der Waals surface area contributed by atoms with Crippen LogP contribution in [0.4, 0.5) is 5.69 Å². The quantitative estimate of drug-likeness (QED) is 0.812. The molecule has 0 heterocycles. The van der Waals surface area contributed by atoms with Gasteiger partial charge in [-0.3, -0.25) is 4.79 Å². The molecule has 2 rings (SSSR count). The summed E-state index contributed by atoms with van der Waals surface area (Å²) in [4.78, 5) is 23.4. The molecule has 0 aromatic heterocycles. The number of carbonyl (C=O) groups is 2. The van der Waals surface area contributed by atoms with Crippen LogP contribution in [0.1, 0.15) is 11.1 Å².